The van der Waals surface area contributed by atoms with E-state index in [1.165, 1.54) is 11.3 Å². The SMILES string of the molecule is CCOC(=O)c1csc(CNC(=O)C(C)C(N)c2ccccc2)n1.Cl.Cl. The Kier molecular flexibility index (Phi) is 11.1. The molecule has 9 heteroatoms. The Balaban J connectivity index is 0.00000312. The number of carbonyl (C=O) groups is 2. The highest BCUT2D eigenvalue weighted by molar-refractivity contribution is 7.09. The lowest BCUT2D eigenvalue weighted by molar-refractivity contribution is -0.125. The summed E-state index contributed by atoms with van der Waals surface area (Å²) in [5.41, 5.74) is 7.33. The molecule has 1 aromatic heterocycles. The molecular weight excluding hydrogens is 397 g/mol. The monoisotopic (exact) mass is 419 g/mol. The van der Waals surface area contributed by atoms with E-state index in [1.54, 1.807) is 19.2 Å². The van der Waals surface area contributed by atoms with E-state index in [-0.39, 0.29) is 54.9 Å². The minimum atomic E-state index is -0.453. The summed E-state index contributed by atoms with van der Waals surface area (Å²) in [7, 11) is 0. The molecule has 2 atom stereocenters. The van der Waals surface area contributed by atoms with Crippen molar-refractivity contribution < 1.29 is 14.3 Å². The standard InChI is InChI=1S/C17H21N3O3S.2ClH/c1-3-23-17(22)13-10-24-14(20-13)9-19-16(21)11(2)15(18)12-7-5-4-6-8-12;;/h4-8,10-11,15H,3,9,18H2,1-2H3,(H,19,21);2*1H. The first kappa shape index (κ1) is 24.3. The van der Waals surface area contributed by atoms with Crippen molar-refractivity contribution in [2.24, 2.45) is 11.7 Å². The quantitative estimate of drug-likeness (QED) is 0.672. The van der Waals surface area contributed by atoms with Crippen LogP contribution >= 0.6 is 36.2 Å². The molecule has 3 N–H and O–H groups in total. The largest absolute Gasteiger partial charge is 0.461 e. The highest BCUT2D eigenvalue weighted by Gasteiger charge is 2.22. The van der Waals surface area contributed by atoms with Crippen LogP contribution in [0.4, 0.5) is 0 Å². The molecule has 0 aliphatic carbocycles. The van der Waals surface area contributed by atoms with E-state index in [0.717, 1.165) is 5.56 Å². The van der Waals surface area contributed by atoms with Gasteiger partial charge in [-0.3, -0.25) is 4.79 Å². The number of nitrogens with two attached hydrogens (primary N) is 1. The van der Waals surface area contributed by atoms with Crippen molar-refractivity contribution in [3.8, 4) is 0 Å². The molecule has 0 bridgehead atoms. The zero-order chi connectivity index (χ0) is 17.5. The maximum Gasteiger partial charge on any atom is 0.357 e. The molecule has 0 saturated heterocycles. The number of amides is 1. The number of ether oxygens (including phenoxy) is 1. The second-order valence-electron chi connectivity index (χ2n) is 5.29. The molecule has 2 rings (SSSR count). The number of hydrogen-bond donors (Lipinski definition) is 2. The molecule has 0 saturated carbocycles. The Labute approximate surface area is 169 Å². The van der Waals surface area contributed by atoms with Crippen LogP contribution in [0.1, 0.15) is 40.9 Å². The zero-order valence-corrected chi connectivity index (χ0v) is 17.0. The lowest BCUT2D eigenvalue weighted by atomic mass is 9.95. The van der Waals surface area contributed by atoms with Crippen LogP contribution in [0.15, 0.2) is 35.7 Å². The van der Waals surface area contributed by atoms with Crippen LogP contribution in [-0.2, 0) is 16.1 Å². The molecule has 1 heterocycles. The summed E-state index contributed by atoms with van der Waals surface area (Å²) in [4.78, 5) is 28.0. The van der Waals surface area contributed by atoms with Crippen molar-refractivity contribution in [2.45, 2.75) is 26.4 Å². The molecule has 144 valence electrons. The van der Waals surface area contributed by atoms with E-state index < -0.39 is 5.97 Å². The third-order valence-corrected chi connectivity index (χ3v) is 4.44. The van der Waals surface area contributed by atoms with Crippen LogP contribution in [0.25, 0.3) is 0 Å². The summed E-state index contributed by atoms with van der Waals surface area (Å²) in [6.45, 7) is 4.09. The fourth-order valence-corrected chi connectivity index (χ4v) is 2.84. The first-order valence-electron chi connectivity index (χ1n) is 7.72. The topological polar surface area (TPSA) is 94.3 Å². The lowest BCUT2D eigenvalue weighted by Crippen LogP contribution is -2.35. The summed E-state index contributed by atoms with van der Waals surface area (Å²) >= 11 is 1.30. The van der Waals surface area contributed by atoms with E-state index in [0.29, 0.717) is 11.6 Å². The number of nitrogens with zero attached hydrogens (tertiary/aromatic N) is 1. The Morgan fingerprint density at radius 2 is 1.92 bits per heavy atom. The zero-order valence-electron chi connectivity index (χ0n) is 14.5. The number of halogens is 2. The molecule has 0 radical (unpaired) electrons. The van der Waals surface area contributed by atoms with Crippen molar-refractivity contribution in [3.05, 3.63) is 52.0 Å². The van der Waals surface area contributed by atoms with Crippen molar-refractivity contribution in [3.63, 3.8) is 0 Å². The van der Waals surface area contributed by atoms with Crippen LogP contribution in [0.2, 0.25) is 0 Å². The third kappa shape index (κ3) is 6.57. The van der Waals surface area contributed by atoms with E-state index >= 15 is 0 Å². The fourth-order valence-electron chi connectivity index (χ4n) is 2.14. The first-order chi connectivity index (χ1) is 11.5. The predicted octanol–water partition coefficient (Wildman–Crippen LogP) is 3.12. The summed E-state index contributed by atoms with van der Waals surface area (Å²) in [6, 6.07) is 9.13. The van der Waals surface area contributed by atoms with Gasteiger partial charge in [0.1, 0.15) is 5.01 Å². The van der Waals surface area contributed by atoms with E-state index in [1.807, 2.05) is 30.3 Å². The third-order valence-electron chi connectivity index (χ3n) is 3.59. The average molecular weight is 420 g/mol. The van der Waals surface area contributed by atoms with E-state index in [2.05, 4.69) is 10.3 Å². The first-order valence-corrected chi connectivity index (χ1v) is 8.60. The number of aromatic nitrogens is 1. The summed E-state index contributed by atoms with van der Waals surface area (Å²) in [5.74, 6) is -0.984. The molecule has 26 heavy (non-hydrogen) atoms. The van der Waals surface area contributed by atoms with Crippen LogP contribution in [-0.4, -0.2) is 23.5 Å². The predicted molar refractivity (Wildman–Crippen MR) is 107 cm³/mol. The van der Waals surface area contributed by atoms with Crippen LogP contribution < -0.4 is 11.1 Å². The van der Waals surface area contributed by atoms with Crippen molar-refractivity contribution in [1.82, 2.24) is 10.3 Å². The number of benzene rings is 1. The molecule has 0 spiro atoms. The smallest absolute Gasteiger partial charge is 0.357 e. The highest BCUT2D eigenvalue weighted by Crippen LogP contribution is 2.19. The van der Waals surface area contributed by atoms with Gasteiger partial charge in [0.2, 0.25) is 5.91 Å². The highest BCUT2D eigenvalue weighted by atomic mass is 35.5. The number of hydrogen-bond acceptors (Lipinski definition) is 6. The normalized spacial score (nSPS) is 12.1. The second-order valence-corrected chi connectivity index (χ2v) is 6.23. The van der Waals surface area contributed by atoms with Crippen molar-refractivity contribution >= 4 is 48.0 Å². The molecule has 2 aromatic rings. The molecule has 1 aromatic carbocycles. The van der Waals surface area contributed by atoms with Gasteiger partial charge in [-0.05, 0) is 12.5 Å². The van der Waals surface area contributed by atoms with Crippen LogP contribution in [0, 0.1) is 5.92 Å². The van der Waals surface area contributed by atoms with Gasteiger partial charge in [0.05, 0.1) is 19.1 Å². The molecule has 1 amide bonds. The Morgan fingerprint density at radius 3 is 2.54 bits per heavy atom. The lowest BCUT2D eigenvalue weighted by Gasteiger charge is -2.19. The summed E-state index contributed by atoms with van der Waals surface area (Å²) in [5, 5.41) is 5.08. The number of rotatable bonds is 7. The maximum absolute atomic E-state index is 12.3. The Hall–Kier alpha value is -1.67. The van der Waals surface area contributed by atoms with Gasteiger partial charge >= 0.3 is 5.97 Å². The van der Waals surface area contributed by atoms with Crippen LogP contribution in [0.3, 0.4) is 0 Å². The van der Waals surface area contributed by atoms with Gasteiger partial charge < -0.3 is 15.8 Å². The molecule has 0 aliphatic rings. The number of carbonyl (C=O) groups excluding carboxylic acids is 2. The molecule has 0 fully saturated rings. The molecule has 0 aliphatic heterocycles. The van der Waals surface area contributed by atoms with E-state index in [9.17, 15) is 9.59 Å². The van der Waals surface area contributed by atoms with Gasteiger partial charge in [0.15, 0.2) is 5.69 Å². The van der Waals surface area contributed by atoms with E-state index in [4.69, 9.17) is 10.5 Å². The second kappa shape index (κ2) is 11.9. The van der Waals surface area contributed by atoms with Gasteiger partial charge in [0.25, 0.3) is 0 Å². The summed E-state index contributed by atoms with van der Waals surface area (Å²) < 4.78 is 4.89. The number of thiazole rings is 1. The average Bonchev–Trinajstić information content (AvgIpc) is 3.08. The van der Waals surface area contributed by atoms with Gasteiger partial charge in [-0.2, -0.15) is 0 Å². The molecule has 6 nitrogen and oxygen atoms in total. The van der Waals surface area contributed by atoms with Gasteiger partial charge in [-0.1, -0.05) is 37.3 Å². The minimum absolute atomic E-state index is 0. The molecule has 2 unspecified atom stereocenters. The maximum atomic E-state index is 12.3. The minimum Gasteiger partial charge on any atom is -0.461 e. The number of esters is 1. The fraction of sp³-hybridized carbons (Fsp3) is 0.353. The van der Waals surface area contributed by atoms with Crippen molar-refractivity contribution in [1.29, 1.82) is 0 Å². The summed E-state index contributed by atoms with van der Waals surface area (Å²) in [6.07, 6.45) is 0. The van der Waals surface area contributed by atoms with Crippen molar-refractivity contribution in [2.75, 3.05) is 6.61 Å². The van der Waals surface area contributed by atoms with Crippen LogP contribution in [0.5, 0.6) is 0 Å². The Morgan fingerprint density at radius 1 is 1.27 bits per heavy atom. The van der Waals surface area contributed by atoms with Gasteiger partial charge in [0, 0.05) is 11.4 Å². The Bertz CT molecular complexity index is 698. The van der Waals surface area contributed by atoms with Gasteiger partial charge in [-0.15, -0.1) is 36.2 Å². The number of nitrogens with one attached hydrogen (secondary N) is 1. The molecular formula is C17H23Cl2N3O3S. The van der Waals surface area contributed by atoms with Gasteiger partial charge in [-0.25, -0.2) is 9.78 Å².